The Morgan fingerprint density at radius 3 is 2.57 bits per heavy atom. The van der Waals surface area contributed by atoms with Crippen LogP contribution >= 0.6 is 0 Å². The molecule has 1 unspecified atom stereocenters. The molecule has 0 amide bonds. The maximum Gasteiger partial charge on any atom is 0.0107 e. The predicted octanol–water partition coefficient (Wildman–Crippen LogP) is 2.25. The molecule has 0 aromatic heterocycles. The summed E-state index contributed by atoms with van der Waals surface area (Å²) in [6.07, 6.45) is 6.85. The first-order chi connectivity index (χ1) is 6.83. The molecule has 1 fully saturated rings. The highest BCUT2D eigenvalue weighted by atomic mass is 15.1. The van der Waals surface area contributed by atoms with Gasteiger partial charge in [0.15, 0.2) is 0 Å². The van der Waals surface area contributed by atoms with Crippen LogP contribution in [0.2, 0.25) is 0 Å². The lowest BCUT2D eigenvalue weighted by molar-refractivity contribution is 0.226. The Morgan fingerprint density at radius 1 is 1.21 bits per heavy atom. The van der Waals surface area contributed by atoms with E-state index in [2.05, 4.69) is 24.1 Å². The molecule has 1 atom stereocenters. The topological polar surface area (TPSA) is 15.3 Å². The molecule has 1 aliphatic rings. The quantitative estimate of drug-likeness (QED) is 0.704. The molecule has 0 radical (unpaired) electrons. The summed E-state index contributed by atoms with van der Waals surface area (Å²) in [5, 5.41) is 3.59. The van der Waals surface area contributed by atoms with Gasteiger partial charge in [0.25, 0.3) is 0 Å². The van der Waals surface area contributed by atoms with Crippen LogP contribution in [0.15, 0.2) is 0 Å². The molecule has 0 bridgehead atoms. The number of nitrogens with one attached hydrogen (secondary N) is 1. The minimum absolute atomic E-state index is 0.699. The van der Waals surface area contributed by atoms with Crippen LogP contribution in [0.1, 0.15) is 46.0 Å². The minimum atomic E-state index is 0.699. The molecule has 1 heterocycles. The number of nitrogens with zero attached hydrogens (tertiary/aromatic N) is 1. The Morgan fingerprint density at radius 2 is 1.93 bits per heavy atom. The van der Waals surface area contributed by atoms with Crippen molar-refractivity contribution in [1.82, 2.24) is 10.2 Å². The van der Waals surface area contributed by atoms with Crippen molar-refractivity contribution in [3.05, 3.63) is 0 Å². The van der Waals surface area contributed by atoms with Crippen LogP contribution < -0.4 is 5.32 Å². The summed E-state index contributed by atoms with van der Waals surface area (Å²) in [5.74, 6) is 0. The standard InChI is InChI=1S/C12H26N2/c1-3-7-12(2)13-8-11-14-9-5-4-6-10-14/h12-13H,3-11H2,1-2H3. The fourth-order valence-corrected chi connectivity index (χ4v) is 2.19. The maximum atomic E-state index is 3.59. The molecule has 1 aliphatic heterocycles. The highest BCUT2D eigenvalue weighted by Gasteiger charge is 2.09. The van der Waals surface area contributed by atoms with E-state index < -0.39 is 0 Å². The zero-order valence-electron chi connectivity index (χ0n) is 9.89. The number of likely N-dealkylation sites (tertiary alicyclic amines) is 1. The second-order valence-corrected chi connectivity index (χ2v) is 4.55. The van der Waals surface area contributed by atoms with Crippen molar-refractivity contribution in [3.8, 4) is 0 Å². The molecule has 2 nitrogen and oxygen atoms in total. The third-order valence-electron chi connectivity index (χ3n) is 3.09. The average molecular weight is 198 g/mol. The molecule has 1 rings (SSSR count). The van der Waals surface area contributed by atoms with E-state index in [1.165, 1.54) is 58.3 Å². The Bertz CT molecular complexity index is 130. The van der Waals surface area contributed by atoms with Crippen molar-refractivity contribution < 1.29 is 0 Å². The van der Waals surface area contributed by atoms with E-state index in [0.717, 1.165) is 0 Å². The van der Waals surface area contributed by atoms with Crippen LogP contribution in [0.4, 0.5) is 0 Å². The molecule has 0 aromatic rings. The van der Waals surface area contributed by atoms with Gasteiger partial charge in [-0.05, 0) is 39.3 Å². The van der Waals surface area contributed by atoms with Gasteiger partial charge in [-0.15, -0.1) is 0 Å². The normalized spacial score (nSPS) is 21.0. The third-order valence-corrected chi connectivity index (χ3v) is 3.09. The van der Waals surface area contributed by atoms with E-state index in [1.807, 2.05) is 0 Å². The van der Waals surface area contributed by atoms with Gasteiger partial charge >= 0.3 is 0 Å². The minimum Gasteiger partial charge on any atom is -0.313 e. The number of rotatable bonds is 6. The van der Waals surface area contributed by atoms with Crippen molar-refractivity contribution in [3.63, 3.8) is 0 Å². The fourth-order valence-electron chi connectivity index (χ4n) is 2.19. The first-order valence-electron chi connectivity index (χ1n) is 6.28. The van der Waals surface area contributed by atoms with E-state index in [0.29, 0.717) is 6.04 Å². The Kier molecular flexibility index (Phi) is 6.20. The zero-order chi connectivity index (χ0) is 10.2. The van der Waals surface area contributed by atoms with Crippen LogP contribution in [0.5, 0.6) is 0 Å². The molecular formula is C12H26N2. The van der Waals surface area contributed by atoms with Crippen LogP contribution in [0.25, 0.3) is 0 Å². The van der Waals surface area contributed by atoms with Gasteiger partial charge in [-0.1, -0.05) is 19.8 Å². The van der Waals surface area contributed by atoms with E-state index in [1.54, 1.807) is 0 Å². The van der Waals surface area contributed by atoms with Crippen molar-refractivity contribution in [2.75, 3.05) is 26.2 Å². The summed E-state index contributed by atoms with van der Waals surface area (Å²) >= 11 is 0. The van der Waals surface area contributed by atoms with E-state index >= 15 is 0 Å². The van der Waals surface area contributed by atoms with Gasteiger partial charge in [0.05, 0.1) is 0 Å². The number of hydrogen-bond acceptors (Lipinski definition) is 2. The molecule has 0 saturated carbocycles. The molecule has 84 valence electrons. The molecule has 0 aromatic carbocycles. The first kappa shape index (κ1) is 12.0. The predicted molar refractivity (Wildman–Crippen MR) is 62.7 cm³/mol. The zero-order valence-corrected chi connectivity index (χ0v) is 9.89. The second-order valence-electron chi connectivity index (χ2n) is 4.55. The van der Waals surface area contributed by atoms with Gasteiger partial charge in [0.1, 0.15) is 0 Å². The van der Waals surface area contributed by atoms with E-state index in [-0.39, 0.29) is 0 Å². The summed E-state index contributed by atoms with van der Waals surface area (Å²) < 4.78 is 0. The average Bonchev–Trinajstić information content (AvgIpc) is 2.20. The molecular weight excluding hydrogens is 172 g/mol. The lowest BCUT2D eigenvalue weighted by Crippen LogP contribution is -2.38. The highest BCUT2D eigenvalue weighted by molar-refractivity contribution is 4.67. The Labute approximate surface area is 89.1 Å². The molecule has 0 spiro atoms. The molecule has 1 N–H and O–H groups in total. The molecule has 14 heavy (non-hydrogen) atoms. The molecule has 0 aliphatic carbocycles. The van der Waals surface area contributed by atoms with Gasteiger partial charge in [0, 0.05) is 19.1 Å². The van der Waals surface area contributed by atoms with E-state index in [4.69, 9.17) is 0 Å². The lowest BCUT2D eigenvalue weighted by atomic mass is 10.1. The lowest BCUT2D eigenvalue weighted by Gasteiger charge is -2.27. The summed E-state index contributed by atoms with van der Waals surface area (Å²) in [5.41, 5.74) is 0. The fraction of sp³-hybridized carbons (Fsp3) is 1.00. The van der Waals surface area contributed by atoms with Gasteiger partial charge in [0.2, 0.25) is 0 Å². The van der Waals surface area contributed by atoms with Gasteiger partial charge in [-0.25, -0.2) is 0 Å². The van der Waals surface area contributed by atoms with Crippen LogP contribution in [0, 0.1) is 0 Å². The molecule has 2 heteroatoms. The third kappa shape index (κ3) is 4.97. The summed E-state index contributed by atoms with van der Waals surface area (Å²) in [6, 6.07) is 0.699. The highest BCUT2D eigenvalue weighted by Crippen LogP contribution is 2.07. The van der Waals surface area contributed by atoms with Gasteiger partial charge < -0.3 is 10.2 Å². The smallest absolute Gasteiger partial charge is 0.0107 e. The number of piperidine rings is 1. The van der Waals surface area contributed by atoms with Gasteiger partial charge in [-0.2, -0.15) is 0 Å². The molecule has 1 saturated heterocycles. The monoisotopic (exact) mass is 198 g/mol. The van der Waals surface area contributed by atoms with Crippen LogP contribution in [0.3, 0.4) is 0 Å². The van der Waals surface area contributed by atoms with Crippen LogP contribution in [-0.2, 0) is 0 Å². The Hall–Kier alpha value is -0.0800. The number of hydrogen-bond donors (Lipinski definition) is 1. The summed E-state index contributed by atoms with van der Waals surface area (Å²) in [6.45, 7) is 9.60. The van der Waals surface area contributed by atoms with Crippen molar-refractivity contribution in [2.24, 2.45) is 0 Å². The van der Waals surface area contributed by atoms with Crippen molar-refractivity contribution in [1.29, 1.82) is 0 Å². The Balaban J connectivity index is 1.96. The van der Waals surface area contributed by atoms with Crippen molar-refractivity contribution >= 4 is 0 Å². The SMILES string of the molecule is CCCC(C)NCCN1CCCCC1. The summed E-state index contributed by atoms with van der Waals surface area (Å²) in [7, 11) is 0. The van der Waals surface area contributed by atoms with Crippen LogP contribution in [-0.4, -0.2) is 37.1 Å². The maximum absolute atomic E-state index is 3.59. The van der Waals surface area contributed by atoms with E-state index in [9.17, 15) is 0 Å². The first-order valence-corrected chi connectivity index (χ1v) is 6.28. The van der Waals surface area contributed by atoms with Crippen molar-refractivity contribution in [2.45, 2.75) is 52.0 Å². The second kappa shape index (κ2) is 7.24. The largest absolute Gasteiger partial charge is 0.313 e. The van der Waals surface area contributed by atoms with Gasteiger partial charge in [-0.3, -0.25) is 0 Å². The summed E-state index contributed by atoms with van der Waals surface area (Å²) in [4.78, 5) is 2.59.